The number of carbonyl (C=O) groups excluding carboxylic acids is 1. The van der Waals surface area contributed by atoms with Crippen LogP contribution in [0.25, 0.3) is 5.57 Å². The van der Waals surface area contributed by atoms with Crippen LogP contribution in [-0.2, 0) is 4.74 Å². The first-order chi connectivity index (χ1) is 9.11. The van der Waals surface area contributed by atoms with E-state index in [0.717, 1.165) is 10.5 Å². The van der Waals surface area contributed by atoms with Crippen molar-refractivity contribution in [3.05, 3.63) is 28.0 Å². The Morgan fingerprint density at radius 2 is 2.32 bits per heavy atom. The van der Waals surface area contributed by atoms with Crippen molar-refractivity contribution in [1.82, 2.24) is 4.90 Å². The minimum atomic E-state index is -0.895. The molecule has 0 saturated heterocycles. The van der Waals surface area contributed by atoms with E-state index in [1.165, 1.54) is 16.2 Å². The molecule has 5 nitrogen and oxygen atoms in total. The molecule has 0 spiro atoms. The first-order valence-corrected chi connectivity index (χ1v) is 6.92. The van der Waals surface area contributed by atoms with E-state index in [1.54, 1.807) is 12.3 Å². The fraction of sp³-hybridized carbons (Fsp3) is 0.385. The summed E-state index contributed by atoms with van der Waals surface area (Å²) in [4.78, 5) is 24.7. The van der Waals surface area contributed by atoms with E-state index in [-0.39, 0.29) is 5.97 Å². The quantitative estimate of drug-likeness (QED) is 0.865. The third-order valence-electron chi connectivity index (χ3n) is 2.91. The van der Waals surface area contributed by atoms with Crippen LogP contribution < -0.4 is 0 Å². The number of carbonyl (C=O) groups is 2. The van der Waals surface area contributed by atoms with Crippen LogP contribution >= 0.6 is 11.3 Å². The lowest BCUT2D eigenvalue weighted by Crippen LogP contribution is -2.33. The molecule has 2 heterocycles. The van der Waals surface area contributed by atoms with Gasteiger partial charge in [-0.2, -0.15) is 0 Å². The van der Waals surface area contributed by atoms with Crippen molar-refractivity contribution in [1.29, 1.82) is 0 Å². The summed E-state index contributed by atoms with van der Waals surface area (Å²) in [6.07, 6.45) is 1.68. The van der Waals surface area contributed by atoms with Gasteiger partial charge < -0.3 is 14.7 Å². The molecule has 0 fully saturated rings. The largest absolute Gasteiger partial charge is 0.465 e. The fourth-order valence-electron chi connectivity index (χ4n) is 1.89. The number of hydrogen-bond acceptors (Lipinski definition) is 4. The molecule has 0 radical (unpaired) electrons. The second-order valence-corrected chi connectivity index (χ2v) is 5.04. The molecule has 2 rings (SSSR count). The Morgan fingerprint density at radius 1 is 1.53 bits per heavy atom. The normalized spacial score (nSPS) is 15.0. The van der Waals surface area contributed by atoms with E-state index in [1.807, 2.05) is 12.1 Å². The molecule has 19 heavy (non-hydrogen) atoms. The Bertz CT molecular complexity index is 520. The highest BCUT2D eigenvalue weighted by atomic mass is 32.1. The minimum absolute atomic E-state index is 0.312. The number of hydrogen-bond donors (Lipinski definition) is 1. The van der Waals surface area contributed by atoms with Crippen LogP contribution in [0.1, 0.15) is 28.6 Å². The molecular formula is C13H15NO4S. The first kappa shape index (κ1) is 13.6. The van der Waals surface area contributed by atoms with Gasteiger partial charge in [-0.1, -0.05) is 6.08 Å². The van der Waals surface area contributed by atoms with Gasteiger partial charge in [-0.3, -0.25) is 0 Å². The summed E-state index contributed by atoms with van der Waals surface area (Å²) in [5, 5.41) is 10.6. The number of ether oxygens (including phenoxy) is 1. The average molecular weight is 281 g/mol. The number of amides is 1. The van der Waals surface area contributed by atoms with Crippen molar-refractivity contribution in [2.24, 2.45) is 0 Å². The third-order valence-corrected chi connectivity index (χ3v) is 3.91. The maximum Gasteiger partial charge on any atom is 0.407 e. The Hall–Kier alpha value is -1.82. The minimum Gasteiger partial charge on any atom is -0.465 e. The van der Waals surface area contributed by atoms with E-state index < -0.39 is 6.09 Å². The second kappa shape index (κ2) is 5.88. The maximum absolute atomic E-state index is 11.6. The molecule has 1 amide bonds. The first-order valence-electron chi connectivity index (χ1n) is 6.04. The van der Waals surface area contributed by atoms with Crippen molar-refractivity contribution in [3.63, 3.8) is 0 Å². The van der Waals surface area contributed by atoms with E-state index in [0.29, 0.717) is 31.7 Å². The Labute approximate surface area is 115 Å². The summed E-state index contributed by atoms with van der Waals surface area (Å²) in [6.45, 7) is 3.03. The highest BCUT2D eigenvalue weighted by Gasteiger charge is 2.18. The summed E-state index contributed by atoms with van der Waals surface area (Å²) in [5.41, 5.74) is 1.65. The summed E-state index contributed by atoms with van der Waals surface area (Å²) < 4.78 is 4.94. The summed E-state index contributed by atoms with van der Waals surface area (Å²) in [6, 6.07) is 1.81. The standard InChI is InChI=1S/C13H15NO4S/c1-2-18-12(15)10-7-11(19-8-10)9-3-5-14(6-4-9)13(16)17/h3,7-8H,2,4-6H2,1H3,(H,16,17). The van der Waals surface area contributed by atoms with Crippen molar-refractivity contribution in [2.75, 3.05) is 19.7 Å². The molecule has 0 saturated carbocycles. The lowest BCUT2D eigenvalue weighted by molar-refractivity contribution is 0.0527. The number of carboxylic acid groups (broad SMARTS) is 1. The monoisotopic (exact) mass is 281 g/mol. The number of nitrogens with zero attached hydrogens (tertiary/aromatic N) is 1. The van der Waals surface area contributed by atoms with E-state index in [9.17, 15) is 9.59 Å². The fourth-order valence-corrected chi connectivity index (χ4v) is 2.84. The molecule has 6 heteroatoms. The molecule has 1 aliphatic rings. The zero-order valence-electron chi connectivity index (χ0n) is 10.6. The van der Waals surface area contributed by atoms with E-state index >= 15 is 0 Å². The van der Waals surface area contributed by atoms with Crippen molar-refractivity contribution in [3.8, 4) is 0 Å². The number of esters is 1. The predicted molar refractivity (Wildman–Crippen MR) is 72.5 cm³/mol. The van der Waals surface area contributed by atoms with Crippen LogP contribution in [0.4, 0.5) is 4.79 Å². The van der Waals surface area contributed by atoms with Crippen molar-refractivity contribution < 1.29 is 19.4 Å². The van der Waals surface area contributed by atoms with Gasteiger partial charge in [0, 0.05) is 23.3 Å². The Kier molecular flexibility index (Phi) is 4.21. The maximum atomic E-state index is 11.6. The van der Waals surface area contributed by atoms with E-state index in [2.05, 4.69) is 0 Å². The zero-order chi connectivity index (χ0) is 13.8. The van der Waals surface area contributed by atoms with Crippen molar-refractivity contribution in [2.45, 2.75) is 13.3 Å². The topological polar surface area (TPSA) is 66.8 Å². The van der Waals surface area contributed by atoms with Crippen molar-refractivity contribution >= 4 is 29.0 Å². The molecular weight excluding hydrogens is 266 g/mol. The van der Waals surface area contributed by atoms with Gasteiger partial charge in [0.05, 0.1) is 12.2 Å². The van der Waals surface area contributed by atoms with Crippen LogP contribution in [-0.4, -0.2) is 41.8 Å². The zero-order valence-corrected chi connectivity index (χ0v) is 11.4. The van der Waals surface area contributed by atoms with Gasteiger partial charge in [-0.15, -0.1) is 11.3 Å². The molecule has 0 bridgehead atoms. The van der Waals surface area contributed by atoms with Gasteiger partial charge in [-0.25, -0.2) is 9.59 Å². The molecule has 1 aromatic heterocycles. The molecule has 1 aliphatic heterocycles. The molecule has 1 N–H and O–H groups in total. The summed E-state index contributed by atoms with van der Waals surface area (Å²) in [7, 11) is 0. The molecule has 0 aliphatic carbocycles. The van der Waals surface area contributed by atoms with Crippen LogP contribution in [0.3, 0.4) is 0 Å². The lowest BCUT2D eigenvalue weighted by atomic mass is 10.1. The predicted octanol–water partition coefficient (Wildman–Crippen LogP) is 2.69. The van der Waals surface area contributed by atoms with Crippen LogP contribution in [0.15, 0.2) is 17.5 Å². The number of thiophene rings is 1. The molecule has 1 aromatic rings. The molecule has 0 atom stereocenters. The van der Waals surface area contributed by atoms with Gasteiger partial charge in [0.15, 0.2) is 0 Å². The summed E-state index contributed by atoms with van der Waals surface area (Å²) >= 11 is 1.48. The van der Waals surface area contributed by atoms with Gasteiger partial charge in [0.1, 0.15) is 0 Å². The number of rotatable bonds is 3. The highest BCUT2D eigenvalue weighted by molar-refractivity contribution is 7.11. The molecule has 0 aromatic carbocycles. The molecule has 102 valence electrons. The third kappa shape index (κ3) is 3.14. The Morgan fingerprint density at radius 3 is 2.89 bits per heavy atom. The lowest BCUT2D eigenvalue weighted by Gasteiger charge is -2.23. The SMILES string of the molecule is CCOC(=O)c1csc(C2=CCN(C(=O)O)CC2)c1. The van der Waals surface area contributed by atoms with Gasteiger partial charge in [0.2, 0.25) is 0 Å². The van der Waals surface area contributed by atoms with E-state index in [4.69, 9.17) is 9.84 Å². The summed E-state index contributed by atoms with van der Waals surface area (Å²) in [5.74, 6) is -0.312. The van der Waals surface area contributed by atoms with Crippen LogP contribution in [0, 0.1) is 0 Å². The van der Waals surface area contributed by atoms with Gasteiger partial charge in [0.25, 0.3) is 0 Å². The molecule has 0 unspecified atom stereocenters. The van der Waals surface area contributed by atoms with Crippen LogP contribution in [0.5, 0.6) is 0 Å². The van der Waals surface area contributed by atoms with Gasteiger partial charge in [-0.05, 0) is 25.0 Å². The smallest absolute Gasteiger partial charge is 0.407 e. The van der Waals surface area contributed by atoms with Gasteiger partial charge >= 0.3 is 12.1 Å². The second-order valence-electron chi connectivity index (χ2n) is 4.13. The highest BCUT2D eigenvalue weighted by Crippen LogP contribution is 2.28. The van der Waals surface area contributed by atoms with Crippen LogP contribution in [0.2, 0.25) is 0 Å². The average Bonchev–Trinajstić information content (AvgIpc) is 2.89. The Balaban J connectivity index is 2.07.